The number of carbonyl (C=O) groups is 2. The number of aromatic nitrogens is 14. The van der Waals surface area contributed by atoms with Crippen molar-refractivity contribution in [2.75, 3.05) is 22.9 Å². The molecule has 0 aliphatic rings. The Balaban J connectivity index is 0.000000133. The number of amides is 1. The zero-order chi connectivity index (χ0) is 89.0. The van der Waals surface area contributed by atoms with Crippen LogP contribution in [0.15, 0.2) is 272 Å². The van der Waals surface area contributed by atoms with E-state index in [-0.39, 0.29) is 75.6 Å². The van der Waals surface area contributed by atoms with Gasteiger partial charge in [-0.1, -0.05) is 82.8 Å². The number of hydrogen-bond acceptors (Lipinski definition) is 22. The van der Waals surface area contributed by atoms with Gasteiger partial charge in [0, 0.05) is 109 Å². The van der Waals surface area contributed by atoms with Gasteiger partial charge < -0.3 is 39.1 Å². The summed E-state index contributed by atoms with van der Waals surface area (Å²) in [5.74, 6) is -3.32. The lowest BCUT2D eigenvalue weighted by atomic mass is 10.0. The van der Waals surface area contributed by atoms with Crippen LogP contribution in [0.5, 0.6) is 0 Å². The highest BCUT2D eigenvalue weighted by Crippen LogP contribution is 2.41. The summed E-state index contributed by atoms with van der Waals surface area (Å²) in [5, 5.41) is 26.6. The molecule has 12 N–H and O–H groups in total. The minimum absolute atomic E-state index is 0.00845. The van der Waals surface area contributed by atoms with E-state index >= 15 is 0 Å². The largest absolute Gasteiger partial charge is 0.476 e. The standard InChI is InChI=1S/C27H20ClFN6O.C20H11ClFN5.C20H12ClFN4O2.C19H11BrClFN4.C7H10N2/c1-15(21-6-2-3-11-31-21)33-27(36)25-26(30)35-23(16-7-9-19(29)10-8-16)24(34-25)18-13-17-5-4-12-32-22(17)20(28)14-18;21-15-9-13(8-12-2-1-7-25-17(12)15)19-18(11-3-5-14(22)6-4-11)27-20(24)16(10-23)26-19;21-14-9-12(8-11-2-1-7-24-15(11)14)17-16(10-3-5-13(22)6-4-10)26-19(23)18(25-17)20(27)28;20-18-19(23)26-16(10-3-5-13(22)6-4-10)17(25-18)12-8-11-2-1-7-24-15(11)14(21)9-12;1-6(8)7-4-2-3-5-9-7/h2-15H,1H3,(H2,30,35)(H,33,36);1-9H,(H2,24,27);1-9H,(H2,23,26)(H,27,28);1-9H,(H2,23,26);2-6H,8H2,1H3/t15-;;;;6-/m1...0/s1. The molecule has 0 saturated heterocycles. The van der Waals surface area contributed by atoms with E-state index in [2.05, 4.69) is 91.0 Å². The van der Waals surface area contributed by atoms with Crippen LogP contribution < -0.4 is 34.0 Å². The SMILES string of the molecule is C[C@@H](NC(=O)c1nc(-c2cc(Cl)c3ncccc3c2)c(-c2ccc(F)cc2)nc1N)c1ccccn1.C[C@H](N)c1ccccn1.N#Cc1nc(-c2cc(Cl)c3ncccc3c2)c(-c2ccc(F)cc2)nc1N.Nc1nc(-c2ccc(F)cc2)c(-c2cc(Cl)c3ncccc3c2)nc1Br.Nc1nc(-c2ccc(F)cc2)c(-c2cc(Cl)c3ncccc3c2)nc1C(=O)O. The molecule has 0 radical (unpaired) electrons. The number of rotatable bonds is 13. The first-order valence-corrected chi connectivity index (χ1v) is 40.1. The molecule has 0 fully saturated rings. The van der Waals surface area contributed by atoms with Gasteiger partial charge in [0.25, 0.3) is 5.91 Å². The van der Waals surface area contributed by atoms with Gasteiger partial charge in [-0.25, -0.2) is 62.2 Å². The highest BCUT2D eigenvalue weighted by Gasteiger charge is 2.26. The predicted molar refractivity (Wildman–Crippen MR) is 487 cm³/mol. The van der Waals surface area contributed by atoms with Crippen LogP contribution in [0.1, 0.15) is 64.0 Å². The number of anilines is 4. The molecule has 33 heteroatoms. The van der Waals surface area contributed by atoms with Crippen molar-refractivity contribution in [2.24, 2.45) is 5.73 Å². The molecule has 0 saturated carbocycles. The number of carboxylic acids is 1. The number of carbonyl (C=O) groups excluding carboxylic acids is 1. The fraction of sp³-hybridized carbons (Fsp3) is 0.0430. The third-order valence-corrected chi connectivity index (χ3v) is 20.7. The third kappa shape index (κ3) is 20.2. The lowest BCUT2D eigenvalue weighted by Gasteiger charge is -2.16. The molecule has 10 heterocycles. The summed E-state index contributed by atoms with van der Waals surface area (Å²) in [6.45, 7) is 3.73. The molecule has 10 aromatic heterocycles. The summed E-state index contributed by atoms with van der Waals surface area (Å²) in [6, 6.07) is 65.0. The summed E-state index contributed by atoms with van der Waals surface area (Å²) >= 11 is 29.0. The van der Waals surface area contributed by atoms with E-state index in [9.17, 15) is 37.5 Å². The highest BCUT2D eigenvalue weighted by atomic mass is 79.9. The third-order valence-electron chi connectivity index (χ3n) is 19.0. The van der Waals surface area contributed by atoms with Gasteiger partial charge in [-0.05, 0) is 224 Å². The van der Waals surface area contributed by atoms with Crippen molar-refractivity contribution >= 4 is 141 Å². The highest BCUT2D eigenvalue weighted by molar-refractivity contribution is 9.10. The monoisotopic (exact) mass is 1820 g/mol. The summed E-state index contributed by atoms with van der Waals surface area (Å²) < 4.78 is 54.0. The van der Waals surface area contributed by atoms with E-state index in [1.807, 2.05) is 98.8 Å². The molecule has 0 aliphatic carbocycles. The van der Waals surface area contributed by atoms with Gasteiger partial charge in [0.2, 0.25) is 0 Å². The summed E-state index contributed by atoms with van der Waals surface area (Å²) in [5.41, 5.74) is 41.6. The van der Waals surface area contributed by atoms with Gasteiger partial charge in [0.05, 0.1) is 105 Å². The normalized spacial score (nSPS) is 11.3. The molecule has 126 heavy (non-hydrogen) atoms. The number of benzene rings is 8. The maximum absolute atomic E-state index is 13.6. The first kappa shape index (κ1) is 87.3. The van der Waals surface area contributed by atoms with Crippen molar-refractivity contribution in [3.8, 4) is 96.1 Å². The van der Waals surface area contributed by atoms with Crippen LogP contribution in [0, 0.1) is 34.6 Å². The number of fused-ring (bicyclic) bond motifs is 4. The van der Waals surface area contributed by atoms with Crippen molar-refractivity contribution in [3.63, 3.8) is 0 Å². The lowest BCUT2D eigenvalue weighted by Crippen LogP contribution is -2.29. The summed E-state index contributed by atoms with van der Waals surface area (Å²) in [7, 11) is 0. The number of nitriles is 1. The fourth-order valence-electron chi connectivity index (χ4n) is 13.0. The number of hydrogen-bond donors (Lipinski definition) is 7. The minimum atomic E-state index is -1.30. The average Bonchev–Trinajstić information content (AvgIpc) is 0.796. The van der Waals surface area contributed by atoms with Crippen LogP contribution in [0.25, 0.3) is 134 Å². The molecule has 622 valence electrons. The number of nitrogens with two attached hydrogens (primary N) is 5. The van der Waals surface area contributed by atoms with Gasteiger partial charge in [0.15, 0.2) is 40.4 Å². The van der Waals surface area contributed by atoms with E-state index in [1.54, 1.807) is 128 Å². The first-order valence-electron chi connectivity index (χ1n) is 37.8. The molecule has 0 unspecified atom stereocenters. The molecule has 24 nitrogen and oxygen atoms in total. The second-order valence-corrected chi connectivity index (χ2v) is 30.0. The van der Waals surface area contributed by atoms with Crippen LogP contribution in [-0.2, 0) is 0 Å². The van der Waals surface area contributed by atoms with Gasteiger partial charge in [-0.2, -0.15) is 5.26 Å². The Hall–Kier alpha value is -15.0. The van der Waals surface area contributed by atoms with E-state index < -0.39 is 17.7 Å². The Morgan fingerprint density at radius 2 is 0.675 bits per heavy atom. The molecule has 1 amide bonds. The fourth-order valence-corrected chi connectivity index (χ4v) is 14.3. The van der Waals surface area contributed by atoms with Crippen molar-refractivity contribution in [1.29, 1.82) is 5.26 Å². The van der Waals surface area contributed by atoms with Gasteiger partial charge in [-0.15, -0.1) is 0 Å². The zero-order valence-corrected chi connectivity index (χ0v) is 70.4. The van der Waals surface area contributed by atoms with Crippen LogP contribution >= 0.6 is 62.3 Å². The van der Waals surface area contributed by atoms with E-state index in [1.165, 1.54) is 60.7 Å². The van der Waals surface area contributed by atoms with Crippen molar-refractivity contribution in [1.82, 2.24) is 75.1 Å². The Kier molecular flexibility index (Phi) is 27.0. The summed E-state index contributed by atoms with van der Waals surface area (Å²) in [4.78, 5) is 85.5. The molecule has 18 aromatic rings. The van der Waals surface area contributed by atoms with Gasteiger partial charge >= 0.3 is 5.97 Å². The number of nitrogen functional groups attached to an aromatic ring is 4. The first-order chi connectivity index (χ1) is 60.7. The second-order valence-electron chi connectivity index (χ2n) is 27.6. The van der Waals surface area contributed by atoms with Gasteiger partial charge in [0.1, 0.15) is 33.9 Å². The minimum Gasteiger partial charge on any atom is -0.476 e. The lowest BCUT2D eigenvalue weighted by molar-refractivity contribution is 0.0691. The van der Waals surface area contributed by atoms with Crippen LogP contribution in [0.3, 0.4) is 0 Å². The van der Waals surface area contributed by atoms with E-state index in [0.717, 1.165) is 32.8 Å². The molecular weight excluding hydrogens is 1760 g/mol. The van der Waals surface area contributed by atoms with E-state index in [4.69, 9.17) is 75.1 Å². The van der Waals surface area contributed by atoms with Crippen molar-refractivity contribution < 1.29 is 32.3 Å². The Bertz CT molecular complexity index is 7190. The molecule has 8 aromatic carbocycles. The second kappa shape index (κ2) is 39.0. The topological polar surface area (TPSA) is 401 Å². The van der Waals surface area contributed by atoms with E-state index in [0.29, 0.717) is 131 Å². The van der Waals surface area contributed by atoms with Crippen molar-refractivity contribution in [3.05, 3.63) is 344 Å². The van der Waals surface area contributed by atoms with Crippen LogP contribution in [0.2, 0.25) is 20.1 Å². The smallest absolute Gasteiger partial charge is 0.358 e. The number of carboxylic acid groups (broad SMARTS) is 1. The molecule has 0 spiro atoms. The maximum Gasteiger partial charge on any atom is 0.358 e. The molecule has 18 rings (SSSR count). The number of nitrogens with one attached hydrogen (secondary N) is 1. The number of halogens is 9. The predicted octanol–water partition coefficient (Wildman–Crippen LogP) is 21.3. The van der Waals surface area contributed by atoms with Crippen LogP contribution in [-0.4, -0.2) is 86.8 Å². The molecular formula is C93H64BrCl4F4N21O3. The quantitative estimate of drug-likeness (QED) is 0.0527. The molecule has 2 atom stereocenters. The molecule has 0 bridgehead atoms. The average molecular weight is 1820 g/mol. The molecule has 0 aliphatic heterocycles. The number of pyridine rings is 6. The maximum atomic E-state index is 13.6. The van der Waals surface area contributed by atoms with Gasteiger partial charge in [-0.3, -0.25) is 34.7 Å². The van der Waals surface area contributed by atoms with Crippen molar-refractivity contribution in [2.45, 2.75) is 25.9 Å². The summed E-state index contributed by atoms with van der Waals surface area (Å²) in [6.07, 6.45) is 10.0. The Morgan fingerprint density at radius 1 is 0.373 bits per heavy atom. The Labute approximate surface area is 743 Å². The van der Waals surface area contributed by atoms with Crippen LogP contribution in [0.4, 0.5) is 40.8 Å². The number of nitrogens with zero attached hydrogens (tertiary/aromatic N) is 15. The zero-order valence-electron chi connectivity index (χ0n) is 65.8. The number of aromatic carboxylic acids is 1. The Morgan fingerprint density at radius 3 is 1.00 bits per heavy atom.